The summed E-state index contributed by atoms with van der Waals surface area (Å²) in [5.74, 6) is 1.42. The molecule has 2 aliphatic rings. The highest BCUT2D eigenvalue weighted by molar-refractivity contribution is 5.77. The smallest absolute Gasteiger partial charge is 0.223 e. The summed E-state index contributed by atoms with van der Waals surface area (Å²) in [6.07, 6.45) is 7.79. The molecule has 1 amide bonds. The number of aliphatic hydroxyl groups excluding tert-OH is 1. The molecule has 2 aromatic rings. The average molecular weight is 413 g/mol. The number of carbonyl (C=O) groups excluding carboxylic acids is 1. The van der Waals surface area contributed by atoms with Crippen LogP contribution in [0.15, 0.2) is 30.5 Å². The molecule has 1 N–H and O–H groups in total. The molecule has 1 saturated carbocycles. The van der Waals surface area contributed by atoms with Gasteiger partial charge in [-0.3, -0.25) is 4.79 Å². The molecule has 1 aliphatic heterocycles. The third kappa shape index (κ3) is 4.51. The first-order valence-electron chi connectivity index (χ1n) is 11.1. The number of aliphatic hydroxyl groups is 1. The van der Waals surface area contributed by atoms with E-state index in [2.05, 4.69) is 17.2 Å². The van der Waals surface area contributed by atoms with Crippen molar-refractivity contribution >= 4 is 5.91 Å². The third-order valence-electron chi connectivity index (χ3n) is 6.35. The summed E-state index contributed by atoms with van der Waals surface area (Å²) >= 11 is 0. The zero-order valence-electron chi connectivity index (χ0n) is 17.9. The molecule has 0 unspecified atom stereocenters. The Hall–Kier alpha value is -2.41. The Morgan fingerprint density at radius 2 is 2.00 bits per heavy atom. The van der Waals surface area contributed by atoms with Crippen LogP contribution in [0.2, 0.25) is 0 Å². The first kappa shape index (κ1) is 20.8. The maximum Gasteiger partial charge on any atom is 0.223 e. The highest BCUT2D eigenvalue weighted by Crippen LogP contribution is 2.41. The van der Waals surface area contributed by atoms with Gasteiger partial charge in [0.05, 0.1) is 31.0 Å². The predicted octanol–water partition coefficient (Wildman–Crippen LogP) is 3.62. The number of carbonyl (C=O) groups is 1. The van der Waals surface area contributed by atoms with E-state index in [-0.39, 0.29) is 18.0 Å². The normalized spacial score (nSPS) is 24.1. The minimum atomic E-state index is -0.664. The number of rotatable bonds is 8. The van der Waals surface area contributed by atoms with Crippen molar-refractivity contribution in [3.8, 4) is 5.75 Å². The average Bonchev–Trinajstić information content (AvgIpc) is 3.51. The van der Waals surface area contributed by atoms with Crippen molar-refractivity contribution in [2.75, 3.05) is 13.7 Å². The monoisotopic (exact) mass is 412 g/mol. The van der Waals surface area contributed by atoms with E-state index >= 15 is 0 Å². The van der Waals surface area contributed by atoms with E-state index in [4.69, 9.17) is 4.74 Å². The molecule has 1 aromatic heterocycles. The zero-order chi connectivity index (χ0) is 21.1. The SMILES string of the molecule is CCCCCC(=O)N1C[C@@H](O)[C@H](n2cc(C3CC3)nn2)C[C@H]1c1ccc(OC)cc1. The molecule has 162 valence electrons. The van der Waals surface area contributed by atoms with Gasteiger partial charge in [0.25, 0.3) is 0 Å². The summed E-state index contributed by atoms with van der Waals surface area (Å²) in [7, 11) is 1.65. The standard InChI is InChI=1S/C23H32N4O3/c1-3-4-5-6-23(29)26-15-22(28)21(27-14-19(24-25-27)16-7-8-16)13-20(26)17-9-11-18(30-2)12-10-17/h9-12,14,16,20-22,28H,3-8,13,15H2,1-2H3/t20-,21+,22+/m0/s1. The number of nitrogens with zero attached hydrogens (tertiary/aromatic N) is 4. The van der Waals surface area contributed by atoms with Crippen LogP contribution in [0, 0.1) is 0 Å². The Kier molecular flexibility index (Phi) is 6.37. The molecule has 0 bridgehead atoms. The summed E-state index contributed by atoms with van der Waals surface area (Å²) in [5, 5.41) is 19.6. The molecule has 7 nitrogen and oxygen atoms in total. The Morgan fingerprint density at radius 3 is 2.67 bits per heavy atom. The zero-order valence-corrected chi connectivity index (χ0v) is 17.9. The number of amides is 1. The van der Waals surface area contributed by atoms with E-state index in [1.165, 1.54) is 12.8 Å². The molecule has 7 heteroatoms. The number of hydrogen-bond donors (Lipinski definition) is 1. The van der Waals surface area contributed by atoms with Gasteiger partial charge in [-0.2, -0.15) is 0 Å². The number of unbranched alkanes of at least 4 members (excludes halogenated alkanes) is 2. The van der Waals surface area contributed by atoms with Gasteiger partial charge < -0.3 is 14.7 Å². The van der Waals surface area contributed by atoms with Gasteiger partial charge in [-0.05, 0) is 43.4 Å². The van der Waals surface area contributed by atoms with Gasteiger partial charge in [-0.15, -0.1) is 5.10 Å². The van der Waals surface area contributed by atoms with Crippen LogP contribution < -0.4 is 4.74 Å². The predicted molar refractivity (Wildman–Crippen MR) is 113 cm³/mol. The van der Waals surface area contributed by atoms with E-state index in [1.54, 1.807) is 7.11 Å². The lowest BCUT2D eigenvalue weighted by molar-refractivity contribution is -0.140. The van der Waals surface area contributed by atoms with E-state index < -0.39 is 6.10 Å². The van der Waals surface area contributed by atoms with Crippen molar-refractivity contribution in [2.24, 2.45) is 0 Å². The summed E-state index contributed by atoms with van der Waals surface area (Å²) in [6, 6.07) is 7.58. The van der Waals surface area contributed by atoms with Crippen LogP contribution in [0.3, 0.4) is 0 Å². The first-order chi connectivity index (χ1) is 14.6. The fourth-order valence-corrected chi connectivity index (χ4v) is 4.35. The lowest BCUT2D eigenvalue weighted by Crippen LogP contribution is -2.49. The van der Waals surface area contributed by atoms with E-state index in [1.807, 2.05) is 40.0 Å². The highest BCUT2D eigenvalue weighted by Gasteiger charge is 2.39. The Morgan fingerprint density at radius 1 is 1.23 bits per heavy atom. The van der Waals surface area contributed by atoms with E-state index in [0.717, 1.165) is 36.3 Å². The van der Waals surface area contributed by atoms with Crippen LogP contribution >= 0.6 is 0 Å². The van der Waals surface area contributed by atoms with Crippen molar-refractivity contribution < 1.29 is 14.6 Å². The molecule has 30 heavy (non-hydrogen) atoms. The van der Waals surface area contributed by atoms with Crippen LogP contribution in [0.1, 0.15) is 81.1 Å². The molecule has 0 radical (unpaired) electrons. The topological polar surface area (TPSA) is 80.5 Å². The van der Waals surface area contributed by atoms with Crippen LogP contribution in [-0.2, 0) is 4.79 Å². The van der Waals surface area contributed by atoms with Gasteiger partial charge in [0.1, 0.15) is 5.75 Å². The molecule has 1 aromatic carbocycles. The summed E-state index contributed by atoms with van der Waals surface area (Å²) in [6.45, 7) is 2.44. The second-order valence-corrected chi connectivity index (χ2v) is 8.56. The quantitative estimate of drug-likeness (QED) is 0.670. The third-order valence-corrected chi connectivity index (χ3v) is 6.35. The number of benzene rings is 1. The molecule has 3 atom stereocenters. The number of aromatic nitrogens is 3. The van der Waals surface area contributed by atoms with Gasteiger partial charge in [0.2, 0.25) is 5.91 Å². The van der Waals surface area contributed by atoms with Gasteiger partial charge in [-0.1, -0.05) is 37.1 Å². The largest absolute Gasteiger partial charge is 0.497 e. The minimum Gasteiger partial charge on any atom is -0.497 e. The second-order valence-electron chi connectivity index (χ2n) is 8.56. The summed E-state index contributed by atoms with van der Waals surface area (Å²) in [4.78, 5) is 14.9. The molecule has 0 spiro atoms. The molecule has 4 rings (SSSR count). The highest BCUT2D eigenvalue weighted by atomic mass is 16.5. The Labute approximate surface area is 178 Å². The molecule has 1 saturated heterocycles. The molecule has 2 fully saturated rings. The number of ether oxygens (including phenoxy) is 1. The Balaban J connectivity index is 1.57. The number of hydrogen-bond acceptors (Lipinski definition) is 5. The fraction of sp³-hybridized carbons (Fsp3) is 0.609. The summed E-state index contributed by atoms with van der Waals surface area (Å²) < 4.78 is 7.11. The van der Waals surface area contributed by atoms with Crippen molar-refractivity contribution in [3.05, 3.63) is 41.7 Å². The number of β-amino-alcohol motifs (C(OH)–C–C–N with tert-alkyl or cyclic N) is 1. The van der Waals surface area contributed by atoms with Crippen LogP contribution in [-0.4, -0.2) is 50.7 Å². The first-order valence-corrected chi connectivity index (χ1v) is 11.1. The molecule has 2 heterocycles. The minimum absolute atomic E-state index is 0.105. The van der Waals surface area contributed by atoms with Gasteiger partial charge in [0, 0.05) is 25.1 Å². The van der Waals surface area contributed by atoms with E-state index in [9.17, 15) is 9.90 Å². The van der Waals surface area contributed by atoms with Gasteiger partial charge >= 0.3 is 0 Å². The second kappa shape index (κ2) is 9.16. The van der Waals surface area contributed by atoms with Crippen molar-refractivity contribution in [1.29, 1.82) is 0 Å². The van der Waals surface area contributed by atoms with Gasteiger partial charge in [0.15, 0.2) is 0 Å². The molecular weight excluding hydrogens is 380 g/mol. The maximum atomic E-state index is 13.0. The van der Waals surface area contributed by atoms with Crippen molar-refractivity contribution in [3.63, 3.8) is 0 Å². The number of piperidine rings is 1. The Bertz CT molecular complexity index is 846. The lowest BCUT2D eigenvalue weighted by Gasteiger charge is -2.42. The molecule has 1 aliphatic carbocycles. The van der Waals surface area contributed by atoms with E-state index in [0.29, 0.717) is 25.3 Å². The van der Waals surface area contributed by atoms with Crippen molar-refractivity contribution in [2.45, 2.75) is 76.0 Å². The maximum absolute atomic E-state index is 13.0. The van der Waals surface area contributed by atoms with Crippen LogP contribution in [0.25, 0.3) is 0 Å². The number of methoxy groups -OCH3 is 1. The van der Waals surface area contributed by atoms with Crippen LogP contribution in [0.5, 0.6) is 5.75 Å². The fourth-order valence-electron chi connectivity index (χ4n) is 4.35. The van der Waals surface area contributed by atoms with Crippen molar-refractivity contribution in [1.82, 2.24) is 19.9 Å². The lowest BCUT2D eigenvalue weighted by atomic mass is 9.89. The molecular formula is C23H32N4O3. The van der Waals surface area contributed by atoms with Crippen LogP contribution in [0.4, 0.5) is 0 Å². The van der Waals surface area contributed by atoms with Gasteiger partial charge in [-0.25, -0.2) is 4.68 Å². The number of likely N-dealkylation sites (tertiary alicyclic amines) is 1. The summed E-state index contributed by atoms with van der Waals surface area (Å²) in [5.41, 5.74) is 2.07.